The summed E-state index contributed by atoms with van der Waals surface area (Å²) in [6.07, 6.45) is 0. The summed E-state index contributed by atoms with van der Waals surface area (Å²) in [6.45, 7) is 0. The van der Waals surface area contributed by atoms with E-state index in [0.29, 0.717) is 0 Å². The van der Waals surface area contributed by atoms with E-state index in [1.165, 1.54) is 0 Å². The molecule has 4 heavy (non-hydrogen) atoms. The first-order valence-corrected chi connectivity index (χ1v) is 0. The van der Waals surface area contributed by atoms with E-state index in [1.54, 1.807) is 0 Å². The zero-order chi connectivity index (χ0) is 0. The molecule has 0 aromatic heterocycles. The fourth-order valence-corrected chi connectivity index (χ4v) is 0. The Labute approximate surface area is 101 Å². The van der Waals surface area contributed by atoms with Gasteiger partial charge in [0.05, 0.1) is 0 Å². The van der Waals surface area contributed by atoms with Gasteiger partial charge in [0.1, 0.15) is 0 Å². The zero-order valence-electron chi connectivity index (χ0n) is 4.62. The number of hydrogen-bond acceptors (Lipinski definition) is 0. The third kappa shape index (κ3) is 9.03. The first-order chi connectivity index (χ1) is 0. The molecular formula is H9BiMgPbTe. The second-order valence-corrected chi connectivity index (χ2v) is 0. The summed E-state index contributed by atoms with van der Waals surface area (Å²) >= 11 is 0. The summed E-state index contributed by atoms with van der Waals surface area (Å²) in [7, 11) is 0. The Kier molecular flexibility index (Phi) is 107. The first-order valence-electron chi connectivity index (χ1n) is 0. The van der Waals surface area contributed by atoms with Gasteiger partial charge in [-0.25, -0.2) is 0 Å². The van der Waals surface area contributed by atoms with Crippen LogP contribution in [0.15, 0.2) is 0 Å². The third-order valence-electron chi connectivity index (χ3n) is 0. The van der Waals surface area contributed by atoms with Crippen molar-refractivity contribution in [2.24, 2.45) is 0 Å². The minimum atomic E-state index is 0. The van der Waals surface area contributed by atoms with Crippen molar-refractivity contribution < 1.29 is 2.85 Å². The molecule has 0 amide bonds. The molecule has 0 nitrogen and oxygen atoms in total. The first kappa shape index (κ1) is 26.4. The molecule has 0 rings (SSSR count). The van der Waals surface area contributed by atoms with E-state index in [0.717, 1.165) is 0 Å². The Morgan fingerprint density at radius 1 is 1.25 bits per heavy atom. The van der Waals surface area contributed by atoms with Crippen LogP contribution in [0.25, 0.3) is 0 Å². The summed E-state index contributed by atoms with van der Waals surface area (Å²) in [5.41, 5.74) is 0. The van der Waals surface area contributed by atoms with Crippen molar-refractivity contribution in [3.8, 4) is 0 Å². The van der Waals surface area contributed by atoms with Crippen molar-refractivity contribution in [1.29, 1.82) is 0 Å². The molecule has 0 aliphatic carbocycles. The van der Waals surface area contributed by atoms with Crippen LogP contribution < -0.4 is 0 Å². The molecule has 0 spiro atoms. The molecule has 0 bridgehead atoms. The molecule has 0 saturated heterocycles. The number of hydrogen-bond donors (Lipinski definition) is 0. The summed E-state index contributed by atoms with van der Waals surface area (Å²) < 4.78 is 0. The standard InChI is InChI=1S/Bi.Mg.Pb.H2Te.7H/h;;;1H2;;;;;;;/q;+2;;;;;;;;2*-1. The van der Waals surface area contributed by atoms with Crippen LogP contribution in [0.5, 0.6) is 0 Å². The molecule has 0 N–H and O–H groups in total. The fourth-order valence-electron chi connectivity index (χ4n) is 0. The van der Waals surface area contributed by atoms with Gasteiger partial charge in [-0.3, -0.25) is 0 Å². The van der Waals surface area contributed by atoms with Crippen molar-refractivity contribution in [2.75, 3.05) is 0 Å². The molecule has 0 fully saturated rings. The number of rotatable bonds is 0. The van der Waals surface area contributed by atoms with Gasteiger partial charge < -0.3 is 2.85 Å². The van der Waals surface area contributed by atoms with Gasteiger partial charge in [-0.2, -0.15) is 0 Å². The molecule has 26 valence electrons. The predicted molar refractivity (Wildman–Crippen MR) is 35.0 cm³/mol. The zero-order valence-corrected chi connectivity index (χ0v) is 17.9. The summed E-state index contributed by atoms with van der Waals surface area (Å²) in [4.78, 5) is 0. The second-order valence-electron chi connectivity index (χ2n) is 0. The van der Waals surface area contributed by atoms with Gasteiger partial charge in [0.2, 0.25) is 0 Å². The van der Waals surface area contributed by atoms with Gasteiger partial charge in [0.25, 0.3) is 0 Å². The molecule has 4 heteroatoms. The molecule has 0 aromatic carbocycles. The molecule has 0 atom stereocenters. The Balaban J connectivity index is 0. The van der Waals surface area contributed by atoms with Crippen LogP contribution in [0.2, 0.25) is 0 Å². The Bertz CT molecular complexity index is 13.5. The van der Waals surface area contributed by atoms with Crippen LogP contribution in [0.3, 0.4) is 0 Å². The molecule has 0 unspecified atom stereocenters. The SMILES string of the molecule is [BiH3].[H-].[H-].[Mg+2].[PbH2].[TeH2]. The van der Waals surface area contributed by atoms with E-state index < -0.39 is 0 Å². The normalized spacial score (nSPS) is 0. The molecule has 0 heterocycles. The Morgan fingerprint density at radius 2 is 1.25 bits per heavy atom. The van der Waals surface area contributed by atoms with E-state index >= 15 is 0 Å². The maximum absolute atomic E-state index is 0. The topological polar surface area (TPSA) is 0 Å². The van der Waals surface area contributed by atoms with E-state index in [1.807, 2.05) is 0 Å². The van der Waals surface area contributed by atoms with Crippen LogP contribution in [0.1, 0.15) is 2.85 Å². The Hall–Kier alpha value is 3.36. The summed E-state index contributed by atoms with van der Waals surface area (Å²) in [5.74, 6) is 0. The quantitative estimate of drug-likeness (QED) is 0.267. The van der Waals surface area contributed by atoms with Crippen LogP contribution in [-0.2, 0) is 0 Å². The van der Waals surface area contributed by atoms with Crippen molar-refractivity contribution in [2.45, 2.75) is 0 Å². The van der Waals surface area contributed by atoms with Gasteiger partial charge in [-0.1, -0.05) is 0 Å². The fraction of sp³-hybridized carbons (Fsp3) is 0. The maximum atomic E-state index is 0. The third-order valence-corrected chi connectivity index (χ3v) is 0. The van der Waals surface area contributed by atoms with Crippen LogP contribution in [0.4, 0.5) is 0 Å². The average Bonchev–Trinajstić information content (AvgIpc) is 0. The predicted octanol–water partition coefficient (Wildman–Crippen LogP) is -3.17. The van der Waals surface area contributed by atoms with Crippen LogP contribution >= 0.6 is 0 Å². The van der Waals surface area contributed by atoms with Gasteiger partial charge in [0, 0.05) is 0 Å². The average molecular weight is 577 g/mol. The van der Waals surface area contributed by atoms with Gasteiger partial charge in [-0.15, -0.1) is 0 Å². The van der Waals surface area contributed by atoms with Gasteiger partial charge >= 0.3 is 100 Å². The van der Waals surface area contributed by atoms with Crippen molar-refractivity contribution in [3.63, 3.8) is 0 Å². The molecule has 0 aromatic rings. The molecule has 0 aliphatic heterocycles. The van der Waals surface area contributed by atoms with E-state index in [4.69, 9.17) is 0 Å². The second kappa shape index (κ2) is 16.2. The van der Waals surface area contributed by atoms with E-state index in [9.17, 15) is 0 Å². The molecule has 0 aliphatic rings. The molecule has 2 radical (unpaired) electrons. The molecule has 0 saturated carbocycles. The van der Waals surface area contributed by atoms with Crippen molar-refractivity contribution in [1.82, 2.24) is 0 Å². The Morgan fingerprint density at radius 3 is 1.25 bits per heavy atom. The summed E-state index contributed by atoms with van der Waals surface area (Å²) in [6, 6.07) is 0. The van der Waals surface area contributed by atoms with Crippen LogP contribution in [-0.4, -0.2) is 100 Å². The van der Waals surface area contributed by atoms with Crippen LogP contribution in [0, 0.1) is 0 Å². The van der Waals surface area contributed by atoms with E-state index in [-0.39, 0.29) is 103 Å². The monoisotopic (exact) mass is 580 g/mol. The van der Waals surface area contributed by atoms with E-state index in [2.05, 4.69) is 0 Å². The summed E-state index contributed by atoms with van der Waals surface area (Å²) in [5, 5.41) is 0. The van der Waals surface area contributed by atoms with Gasteiger partial charge in [0.15, 0.2) is 0 Å². The molecular weight excluding hydrogens is 568 g/mol. The van der Waals surface area contributed by atoms with Gasteiger partial charge in [-0.05, 0) is 0 Å². The minimum absolute atomic E-state index is 0. The van der Waals surface area contributed by atoms with Crippen molar-refractivity contribution >= 4 is 100 Å². The van der Waals surface area contributed by atoms with Crippen molar-refractivity contribution in [3.05, 3.63) is 0 Å².